The molecule has 0 spiro atoms. The van der Waals surface area contributed by atoms with E-state index >= 15 is 0 Å². The minimum absolute atomic E-state index is 0.367. The van der Waals surface area contributed by atoms with Gasteiger partial charge in [0.05, 0.1) is 21.4 Å². The van der Waals surface area contributed by atoms with E-state index in [1.165, 1.54) is 0 Å². The molecule has 0 saturated heterocycles. The third-order valence-corrected chi connectivity index (χ3v) is 4.64. The molecule has 0 fully saturated rings. The van der Waals surface area contributed by atoms with Gasteiger partial charge >= 0.3 is 0 Å². The number of hydrogen-bond donors (Lipinski definition) is 2. The summed E-state index contributed by atoms with van der Waals surface area (Å²) in [7, 11) is 3.99. The predicted molar refractivity (Wildman–Crippen MR) is 96.6 cm³/mol. The van der Waals surface area contributed by atoms with Crippen LogP contribution in [0.1, 0.15) is 11.1 Å². The third-order valence-electron chi connectivity index (χ3n) is 3.26. The number of nitrogens with zero attached hydrogens (tertiary/aromatic N) is 1. The highest BCUT2D eigenvalue weighted by atomic mass is 79.9. The molecule has 0 aliphatic carbocycles. The molecule has 0 heterocycles. The number of nitrogens with two attached hydrogens (primary N) is 2. The van der Waals surface area contributed by atoms with Crippen molar-refractivity contribution < 1.29 is 0 Å². The molecule has 0 aliphatic rings. The van der Waals surface area contributed by atoms with Gasteiger partial charge in [0.2, 0.25) is 0 Å². The number of nitrogen functional groups attached to an aromatic ring is 2. The fourth-order valence-electron chi connectivity index (χ4n) is 2.10. The summed E-state index contributed by atoms with van der Waals surface area (Å²) in [6, 6.07) is 7.78. The van der Waals surface area contributed by atoms with Crippen LogP contribution in [0.25, 0.3) is 0 Å². The number of halogens is 3. The van der Waals surface area contributed by atoms with Gasteiger partial charge in [-0.2, -0.15) is 0 Å². The third kappa shape index (κ3) is 3.39. The van der Waals surface area contributed by atoms with Crippen LogP contribution in [-0.4, -0.2) is 14.1 Å². The van der Waals surface area contributed by atoms with E-state index in [2.05, 4.69) is 22.0 Å². The minimum Gasteiger partial charge on any atom is -0.398 e. The van der Waals surface area contributed by atoms with Gasteiger partial charge in [0.25, 0.3) is 0 Å². The Morgan fingerprint density at radius 1 is 1.14 bits per heavy atom. The van der Waals surface area contributed by atoms with Crippen LogP contribution < -0.4 is 16.4 Å². The highest BCUT2D eigenvalue weighted by molar-refractivity contribution is 9.10. The average molecular weight is 389 g/mol. The predicted octanol–water partition coefficient (Wildman–Crippen LogP) is 4.58. The van der Waals surface area contributed by atoms with Gasteiger partial charge in [0, 0.05) is 36.2 Å². The molecule has 0 bridgehead atoms. The Bertz CT molecular complexity index is 687. The van der Waals surface area contributed by atoms with Crippen LogP contribution in [0.4, 0.5) is 17.1 Å². The second-order valence-electron chi connectivity index (χ2n) is 5.01. The van der Waals surface area contributed by atoms with Crippen LogP contribution in [-0.2, 0) is 6.42 Å². The zero-order chi connectivity index (χ0) is 15.7. The van der Waals surface area contributed by atoms with Gasteiger partial charge in [0.1, 0.15) is 0 Å². The average Bonchev–Trinajstić information content (AvgIpc) is 2.41. The summed E-state index contributed by atoms with van der Waals surface area (Å²) in [5, 5.41) is 0.804. The van der Waals surface area contributed by atoms with Crippen molar-refractivity contribution in [3.63, 3.8) is 0 Å². The highest BCUT2D eigenvalue weighted by Gasteiger charge is 2.13. The zero-order valence-electron chi connectivity index (χ0n) is 11.8. The van der Waals surface area contributed by atoms with E-state index < -0.39 is 0 Å². The first-order valence-corrected chi connectivity index (χ1v) is 7.83. The number of rotatable bonds is 3. The maximum Gasteiger partial charge on any atom is 0.0706 e. The molecule has 0 saturated carbocycles. The van der Waals surface area contributed by atoms with Crippen molar-refractivity contribution in [3.05, 3.63) is 49.9 Å². The van der Waals surface area contributed by atoms with Crippen LogP contribution in [0.3, 0.4) is 0 Å². The van der Waals surface area contributed by atoms with Gasteiger partial charge in [-0.15, -0.1) is 0 Å². The Morgan fingerprint density at radius 2 is 1.81 bits per heavy atom. The normalized spacial score (nSPS) is 10.7. The molecule has 0 unspecified atom stereocenters. The van der Waals surface area contributed by atoms with E-state index in [0.717, 1.165) is 21.3 Å². The van der Waals surface area contributed by atoms with E-state index in [1.54, 1.807) is 6.07 Å². The molecule has 6 heteroatoms. The summed E-state index contributed by atoms with van der Waals surface area (Å²) < 4.78 is 1.02. The van der Waals surface area contributed by atoms with E-state index in [-0.39, 0.29) is 0 Å². The topological polar surface area (TPSA) is 55.3 Å². The monoisotopic (exact) mass is 387 g/mol. The lowest BCUT2D eigenvalue weighted by molar-refractivity contribution is 1.11. The minimum atomic E-state index is 0.367. The van der Waals surface area contributed by atoms with Gasteiger partial charge in [-0.3, -0.25) is 0 Å². The lowest BCUT2D eigenvalue weighted by Gasteiger charge is -2.16. The second-order valence-corrected chi connectivity index (χ2v) is 6.65. The Balaban J connectivity index is 2.39. The molecular weight excluding hydrogens is 373 g/mol. The van der Waals surface area contributed by atoms with E-state index in [4.69, 9.17) is 34.7 Å². The first-order valence-electron chi connectivity index (χ1n) is 6.28. The van der Waals surface area contributed by atoms with E-state index in [1.807, 2.05) is 31.1 Å². The van der Waals surface area contributed by atoms with Gasteiger partial charge in [-0.1, -0.05) is 29.3 Å². The highest BCUT2D eigenvalue weighted by Crippen LogP contribution is 2.36. The van der Waals surface area contributed by atoms with E-state index in [0.29, 0.717) is 27.8 Å². The summed E-state index contributed by atoms with van der Waals surface area (Å²) in [5.41, 5.74) is 15.8. The summed E-state index contributed by atoms with van der Waals surface area (Å²) >= 11 is 15.8. The molecule has 2 aromatic carbocycles. The van der Waals surface area contributed by atoms with Crippen molar-refractivity contribution >= 4 is 56.2 Å². The molecule has 4 N–H and O–H groups in total. The summed E-state index contributed by atoms with van der Waals surface area (Å²) in [5.74, 6) is 0. The van der Waals surface area contributed by atoms with Gasteiger partial charge in [0.15, 0.2) is 0 Å². The second kappa shape index (κ2) is 6.34. The Kier molecular flexibility index (Phi) is 4.91. The van der Waals surface area contributed by atoms with Crippen LogP contribution in [0.15, 0.2) is 28.7 Å². The van der Waals surface area contributed by atoms with Crippen molar-refractivity contribution in [2.75, 3.05) is 30.5 Å². The van der Waals surface area contributed by atoms with Crippen molar-refractivity contribution in [1.29, 1.82) is 0 Å². The molecule has 0 radical (unpaired) electrons. The summed E-state index contributed by atoms with van der Waals surface area (Å²) in [6.45, 7) is 0. The molecule has 3 nitrogen and oxygen atoms in total. The number of anilines is 3. The van der Waals surface area contributed by atoms with Crippen LogP contribution in [0.5, 0.6) is 0 Å². The standard InChI is InChI=1S/C15H16BrCl2N3/c1-21(2)13-4-3-8(6-10(13)16)5-9-12(19)7-11(17)15(20)14(9)18/h3-4,6-7H,5,19-20H2,1-2H3. The van der Waals surface area contributed by atoms with Crippen molar-refractivity contribution in [2.24, 2.45) is 0 Å². The Hall–Kier alpha value is -1.10. The molecule has 2 rings (SSSR count). The molecule has 21 heavy (non-hydrogen) atoms. The Labute approximate surface area is 142 Å². The van der Waals surface area contributed by atoms with Crippen LogP contribution in [0.2, 0.25) is 10.0 Å². The van der Waals surface area contributed by atoms with Gasteiger partial charge < -0.3 is 16.4 Å². The molecule has 2 aromatic rings. The lowest BCUT2D eigenvalue weighted by Crippen LogP contribution is -2.09. The molecule has 0 aromatic heterocycles. The van der Waals surface area contributed by atoms with E-state index in [9.17, 15) is 0 Å². The first kappa shape index (κ1) is 16.3. The van der Waals surface area contributed by atoms with Crippen molar-refractivity contribution in [2.45, 2.75) is 6.42 Å². The largest absolute Gasteiger partial charge is 0.398 e. The molecule has 0 atom stereocenters. The fraction of sp³-hybridized carbons (Fsp3) is 0.200. The SMILES string of the molecule is CN(C)c1ccc(Cc2c(N)cc(Cl)c(N)c2Cl)cc1Br. The first-order chi connectivity index (χ1) is 9.81. The molecule has 112 valence electrons. The number of benzene rings is 2. The lowest BCUT2D eigenvalue weighted by atomic mass is 10.0. The number of hydrogen-bond acceptors (Lipinski definition) is 3. The molecular formula is C15H16BrCl2N3. The van der Waals surface area contributed by atoms with Crippen molar-refractivity contribution in [1.82, 2.24) is 0 Å². The van der Waals surface area contributed by atoms with Crippen LogP contribution in [0, 0.1) is 0 Å². The smallest absolute Gasteiger partial charge is 0.0706 e. The fourth-order valence-corrected chi connectivity index (χ4v) is 3.42. The van der Waals surface area contributed by atoms with Crippen molar-refractivity contribution in [3.8, 4) is 0 Å². The summed E-state index contributed by atoms with van der Waals surface area (Å²) in [6.07, 6.45) is 0.596. The zero-order valence-corrected chi connectivity index (χ0v) is 14.9. The van der Waals surface area contributed by atoms with Gasteiger partial charge in [-0.05, 0) is 39.7 Å². The summed E-state index contributed by atoms with van der Waals surface area (Å²) in [4.78, 5) is 2.04. The quantitative estimate of drug-likeness (QED) is 0.756. The maximum absolute atomic E-state index is 6.27. The maximum atomic E-state index is 6.27. The van der Waals surface area contributed by atoms with Gasteiger partial charge in [-0.25, -0.2) is 0 Å². The van der Waals surface area contributed by atoms with Crippen LogP contribution >= 0.6 is 39.1 Å². The molecule has 0 aliphatic heterocycles. The molecule has 0 amide bonds. The Morgan fingerprint density at radius 3 is 2.38 bits per heavy atom.